The Morgan fingerprint density at radius 3 is 1.81 bits per heavy atom. The van der Waals surface area contributed by atoms with Crippen molar-refractivity contribution in [3.63, 3.8) is 0 Å². The summed E-state index contributed by atoms with van der Waals surface area (Å²) >= 11 is 0. The fraction of sp³-hybridized carbons (Fsp3) is 0.259. The first-order chi connectivity index (χ1) is 17.4. The van der Waals surface area contributed by atoms with Gasteiger partial charge < -0.3 is 23.7 Å². The number of benzene rings is 2. The molecule has 0 atom stereocenters. The standard InChI is InChI=1S/C27H26N2O7/c1-5-33-22-10-8-18(14-24(22)32-4)13-21(17-29)27(31)36-23-11-9-19(15-25(23)34-6-2)12-20(16-28)26(30)35-7-3/h8-15H,5-7H2,1-4H3/b20-12+,21-13+. The van der Waals surface area contributed by atoms with Crippen LogP contribution in [0.5, 0.6) is 23.0 Å². The quantitative estimate of drug-likeness (QED) is 0.194. The van der Waals surface area contributed by atoms with Gasteiger partial charge in [-0.3, -0.25) is 0 Å². The SMILES string of the molecule is CCOC(=O)/C(C#N)=C/c1ccc(OC(=O)/C(C#N)=C/c2ccc(OCC)c(OC)c2)c(OCC)c1. The Balaban J connectivity index is 2.34. The number of hydrogen-bond donors (Lipinski definition) is 0. The summed E-state index contributed by atoms with van der Waals surface area (Å²) in [6.45, 7) is 6.08. The zero-order chi connectivity index (χ0) is 26.5. The molecule has 9 heteroatoms. The number of nitrogens with zero attached hydrogens (tertiary/aromatic N) is 2. The van der Waals surface area contributed by atoms with Crippen molar-refractivity contribution in [2.24, 2.45) is 0 Å². The predicted molar refractivity (Wildman–Crippen MR) is 131 cm³/mol. The fourth-order valence-corrected chi connectivity index (χ4v) is 2.99. The molecule has 36 heavy (non-hydrogen) atoms. The molecule has 0 amide bonds. The lowest BCUT2D eigenvalue weighted by Crippen LogP contribution is -2.11. The molecule has 0 saturated heterocycles. The van der Waals surface area contributed by atoms with Crippen LogP contribution >= 0.6 is 0 Å². The average Bonchev–Trinajstić information content (AvgIpc) is 2.88. The highest BCUT2D eigenvalue weighted by atomic mass is 16.6. The summed E-state index contributed by atoms with van der Waals surface area (Å²) in [4.78, 5) is 24.6. The van der Waals surface area contributed by atoms with E-state index in [-0.39, 0.29) is 35.9 Å². The Labute approximate surface area is 209 Å². The maximum atomic E-state index is 12.8. The smallest absolute Gasteiger partial charge is 0.354 e. The third-order valence-electron chi connectivity index (χ3n) is 4.54. The van der Waals surface area contributed by atoms with Gasteiger partial charge in [0, 0.05) is 0 Å². The summed E-state index contributed by atoms with van der Waals surface area (Å²) in [7, 11) is 1.49. The highest BCUT2D eigenvalue weighted by Crippen LogP contribution is 2.31. The van der Waals surface area contributed by atoms with Gasteiger partial charge in [0.2, 0.25) is 0 Å². The lowest BCUT2D eigenvalue weighted by molar-refractivity contribution is -0.138. The molecule has 186 valence electrons. The summed E-state index contributed by atoms with van der Waals surface area (Å²) in [5.74, 6) is -0.379. The van der Waals surface area contributed by atoms with Crippen LogP contribution in [0.25, 0.3) is 12.2 Å². The molecule has 0 unspecified atom stereocenters. The minimum Gasteiger partial charge on any atom is -0.493 e. The van der Waals surface area contributed by atoms with E-state index in [2.05, 4.69) is 0 Å². The minimum atomic E-state index is -0.890. The van der Waals surface area contributed by atoms with Gasteiger partial charge in [-0.15, -0.1) is 0 Å². The number of carbonyl (C=O) groups is 2. The van der Waals surface area contributed by atoms with Crippen molar-refractivity contribution in [3.8, 4) is 35.1 Å². The van der Waals surface area contributed by atoms with Gasteiger partial charge in [0.15, 0.2) is 23.0 Å². The first-order valence-corrected chi connectivity index (χ1v) is 11.1. The lowest BCUT2D eigenvalue weighted by atomic mass is 10.1. The van der Waals surface area contributed by atoms with Gasteiger partial charge in [-0.1, -0.05) is 12.1 Å². The predicted octanol–water partition coefficient (Wildman–Crippen LogP) is 4.48. The fourth-order valence-electron chi connectivity index (χ4n) is 2.99. The summed E-state index contributed by atoms with van der Waals surface area (Å²) in [6.07, 6.45) is 2.71. The van der Waals surface area contributed by atoms with Crippen molar-refractivity contribution in [2.45, 2.75) is 20.8 Å². The van der Waals surface area contributed by atoms with Crippen LogP contribution in [0.2, 0.25) is 0 Å². The van der Waals surface area contributed by atoms with Crippen molar-refractivity contribution in [1.29, 1.82) is 10.5 Å². The van der Waals surface area contributed by atoms with E-state index in [0.29, 0.717) is 29.2 Å². The van der Waals surface area contributed by atoms with Gasteiger partial charge in [-0.25, -0.2) is 9.59 Å². The molecule has 0 fully saturated rings. The van der Waals surface area contributed by atoms with Crippen molar-refractivity contribution in [2.75, 3.05) is 26.9 Å². The summed E-state index contributed by atoms with van der Waals surface area (Å²) in [6, 6.07) is 13.1. The zero-order valence-electron chi connectivity index (χ0n) is 20.5. The number of methoxy groups -OCH3 is 1. The van der Waals surface area contributed by atoms with Crippen LogP contribution in [0.1, 0.15) is 31.9 Å². The third-order valence-corrected chi connectivity index (χ3v) is 4.54. The van der Waals surface area contributed by atoms with E-state index in [1.165, 1.54) is 37.5 Å². The van der Waals surface area contributed by atoms with Gasteiger partial charge in [0.1, 0.15) is 23.3 Å². The van der Waals surface area contributed by atoms with Crippen LogP contribution < -0.4 is 18.9 Å². The number of ether oxygens (including phenoxy) is 5. The van der Waals surface area contributed by atoms with Gasteiger partial charge in [-0.2, -0.15) is 10.5 Å². The topological polar surface area (TPSA) is 128 Å². The highest BCUT2D eigenvalue weighted by molar-refractivity contribution is 6.00. The van der Waals surface area contributed by atoms with E-state index >= 15 is 0 Å². The second kappa shape index (κ2) is 13.8. The molecular weight excluding hydrogens is 464 g/mol. The summed E-state index contributed by atoms with van der Waals surface area (Å²) < 4.78 is 26.6. The van der Waals surface area contributed by atoms with Crippen molar-refractivity contribution in [3.05, 3.63) is 58.7 Å². The van der Waals surface area contributed by atoms with Crippen LogP contribution in [-0.4, -0.2) is 38.9 Å². The largest absolute Gasteiger partial charge is 0.493 e. The molecule has 0 radical (unpaired) electrons. The van der Waals surface area contributed by atoms with Crippen LogP contribution in [0.4, 0.5) is 0 Å². The average molecular weight is 491 g/mol. The third kappa shape index (κ3) is 7.37. The molecule has 0 spiro atoms. The molecule has 0 aromatic heterocycles. The molecule has 2 aromatic rings. The van der Waals surface area contributed by atoms with Gasteiger partial charge in [-0.05, 0) is 68.3 Å². The Morgan fingerprint density at radius 2 is 1.28 bits per heavy atom. The molecule has 0 bridgehead atoms. The van der Waals surface area contributed by atoms with Gasteiger partial charge in [0.25, 0.3) is 0 Å². The molecule has 0 N–H and O–H groups in total. The first-order valence-electron chi connectivity index (χ1n) is 11.1. The molecule has 9 nitrogen and oxygen atoms in total. The molecule has 2 aromatic carbocycles. The minimum absolute atomic E-state index is 0.0686. The summed E-state index contributed by atoms with van der Waals surface area (Å²) in [5.41, 5.74) is 0.559. The van der Waals surface area contributed by atoms with E-state index in [9.17, 15) is 20.1 Å². The molecule has 0 aliphatic heterocycles. The Bertz CT molecular complexity index is 1250. The van der Waals surface area contributed by atoms with Crippen molar-refractivity contribution >= 4 is 24.1 Å². The normalized spacial score (nSPS) is 11.1. The van der Waals surface area contributed by atoms with Crippen molar-refractivity contribution in [1.82, 2.24) is 0 Å². The molecule has 0 saturated carbocycles. The van der Waals surface area contributed by atoms with Crippen LogP contribution in [0.15, 0.2) is 47.5 Å². The second-order valence-corrected chi connectivity index (χ2v) is 6.93. The van der Waals surface area contributed by atoms with Gasteiger partial charge >= 0.3 is 11.9 Å². The first kappa shape index (κ1) is 27.5. The highest BCUT2D eigenvalue weighted by Gasteiger charge is 2.17. The zero-order valence-corrected chi connectivity index (χ0v) is 20.5. The van der Waals surface area contributed by atoms with E-state index < -0.39 is 11.9 Å². The molecule has 0 aliphatic rings. The number of rotatable bonds is 11. The molecule has 2 rings (SSSR count). The monoisotopic (exact) mass is 490 g/mol. The number of esters is 2. The second-order valence-electron chi connectivity index (χ2n) is 6.93. The molecular formula is C27H26N2O7. The van der Waals surface area contributed by atoms with Crippen LogP contribution in [0, 0.1) is 22.7 Å². The Kier molecular flexibility index (Phi) is 10.6. The Hall–Kier alpha value is -4.76. The van der Waals surface area contributed by atoms with Crippen molar-refractivity contribution < 1.29 is 33.3 Å². The maximum absolute atomic E-state index is 12.8. The number of nitriles is 2. The van der Waals surface area contributed by atoms with Gasteiger partial charge in [0.05, 0.1) is 26.9 Å². The molecule has 0 heterocycles. The summed E-state index contributed by atoms with van der Waals surface area (Å²) in [5, 5.41) is 18.8. The Morgan fingerprint density at radius 1 is 0.750 bits per heavy atom. The van der Waals surface area contributed by atoms with Crippen LogP contribution in [0.3, 0.4) is 0 Å². The molecule has 0 aliphatic carbocycles. The number of carbonyl (C=O) groups excluding carboxylic acids is 2. The van der Waals surface area contributed by atoms with Crippen LogP contribution in [-0.2, 0) is 14.3 Å². The van der Waals surface area contributed by atoms with E-state index in [1.54, 1.807) is 38.1 Å². The maximum Gasteiger partial charge on any atom is 0.354 e. The van der Waals surface area contributed by atoms with E-state index in [4.69, 9.17) is 23.7 Å². The lowest BCUT2D eigenvalue weighted by Gasteiger charge is -2.12. The van der Waals surface area contributed by atoms with E-state index in [1.807, 2.05) is 13.0 Å². The van der Waals surface area contributed by atoms with E-state index in [0.717, 1.165) is 0 Å². The number of hydrogen-bond acceptors (Lipinski definition) is 9.